The molecule has 0 aromatic rings. The fourth-order valence-electron chi connectivity index (χ4n) is 3.41. The van der Waals surface area contributed by atoms with E-state index in [1.807, 2.05) is 25.7 Å². The van der Waals surface area contributed by atoms with Crippen molar-refractivity contribution in [3.05, 3.63) is 0 Å². The summed E-state index contributed by atoms with van der Waals surface area (Å²) in [5.74, 6) is 0. The lowest BCUT2D eigenvalue weighted by Crippen LogP contribution is -2.52. The number of hydrogen-bond donors (Lipinski definition) is 1. The molecule has 4 heteroatoms. The molecule has 1 spiro atoms. The van der Waals surface area contributed by atoms with Gasteiger partial charge in [0, 0.05) is 19.1 Å². The Balaban J connectivity index is 2.09. The minimum Gasteiger partial charge on any atom is -0.444 e. The normalized spacial score (nSPS) is 33.4. The van der Waals surface area contributed by atoms with Gasteiger partial charge in [-0.15, -0.1) is 0 Å². The van der Waals surface area contributed by atoms with Crippen molar-refractivity contribution in [3.8, 4) is 0 Å². The minimum absolute atomic E-state index is 0.136. The third kappa shape index (κ3) is 2.73. The Kier molecular flexibility index (Phi) is 3.37. The van der Waals surface area contributed by atoms with Crippen molar-refractivity contribution < 1.29 is 9.53 Å². The summed E-state index contributed by atoms with van der Waals surface area (Å²) >= 11 is 0. The molecule has 1 saturated heterocycles. The number of likely N-dealkylation sites (tertiary alicyclic amines) is 1. The molecule has 2 rings (SSSR count). The molecule has 0 aromatic carbocycles. The van der Waals surface area contributed by atoms with Gasteiger partial charge in [0.1, 0.15) is 5.60 Å². The fraction of sp³-hybridized carbons (Fsp3) is 0.933. The lowest BCUT2D eigenvalue weighted by atomic mass is 9.84. The Bertz CT molecular complexity index is 373. The van der Waals surface area contributed by atoms with Gasteiger partial charge in [-0.25, -0.2) is 4.79 Å². The van der Waals surface area contributed by atoms with Crippen LogP contribution < -0.4 is 5.73 Å². The van der Waals surface area contributed by atoms with Gasteiger partial charge >= 0.3 is 6.09 Å². The first-order chi connectivity index (χ1) is 8.60. The Hall–Kier alpha value is -0.770. The third-order valence-electron chi connectivity index (χ3n) is 4.86. The highest BCUT2D eigenvalue weighted by atomic mass is 16.6. The number of rotatable bonds is 1. The highest BCUT2D eigenvalue weighted by Gasteiger charge is 2.63. The molecule has 2 aliphatic rings. The maximum atomic E-state index is 12.4. The van der Waals surface area contributed by atoms with Crippen LogP contribution in [0.1, 0.15) is 53.9 Å². The van der Waals surface area contributed by atoms with Crippen LogP contribution in [0.3, 0.4) is 0 Å². The van der Waals surface area contributed by atoms with E-state index in [4.69, 9.17) is 10.5 Å². The van der Waals surface area contributed by atoms with Crippen LogP contribution in [0.25, 0.3) is 0 Å². The van der Waals surface area contributed by atoms with Crippen LogP contribution in [0, 0.1) is 10.8 Å². The summed E-state index contributed by atoms with van der Waals surface area (Å²) in [7, 11) is 0. The van der Waals surface area contributed by atoms with Crippen LogP contribution >= 0.6 is 0 Å². The first-order valence-electron chi connectivity index (χ1n) is 7.30. The number of ether oxygens (including phenoxy) is 1. The van der Waals surface area contributed by atoms with Crippen molar-refractivity contribution in [2.75, 3.05) is 13.1 Å². The predicted molar refractivity (Wildman–Crippen MR) is 75.8 cm³/mol. The number of nitrogens with zero attached hydrogens (tertiary/aromatic N) is 1. The quantitative estimate of drug-likeness (QED) is 0.795. The standard InChI is InChI=1S/C15H28N2O2/c1-13(2,3)19-12(18)17-10-15(9-14(15,4)5)7-6-11(17)8-16/h11H,6-10,16H2,1-5H3/t11-,15-/m1/s1. The minimum atomic E-state index is -0.445. The van der Waals surface area contributed by atoms with E-state index < -0.39 is 5.60 Å². The second kappa shape index (κ2) is 4.37. The summed E-state index contributed by atoms with van der Waals surface area (Å²) in [6.45, 7) is 11.6. The summed E-state index contributed by atoms with van der Waals surface area (Å²) in [6.07, 6.45) is 3.18. The lowest BCUT2D eigenvalue weighted by molar-refractivity contribution is -0.00170. The van der Waals surface area contributed by atoms with Crippen molar-refractivity contribution in [1.82, 2.24) is 4.90 Å². The molecule has 1 aliphatic heterocycles. The zero-order valence-corrected chi connectivity index (χ0v) is 13.0. The van der Waals surface area contributed by atoms with Crippen molar-refractivity contribution in [1.29, 1.82) is 0 Å². The summed E-state index contributed by atoms with van der Waals surface area (Å²) in [5.41, 5.74) is 6.03. The van der Waals surface area contributed by atoms with Gasteiger partial charge in [0.05, 0.1) is 0 Å². The van der Waals surface area contributed by atoms with Gasteiger partial charge in [-0.3, -0.25) is 0 Å². The van der Waals surface area contributed by atoms with Crippen LogP contribution in [0.15, 0.2) is 0 Å². The van der Waals surface area contributed by atoms with Crippen molar-refractivity contribution in [2.24, 2.45) is 16.6 Å². The topological polar surface area (TPSA) is 55.6 Å². The molecule has 1 amide bonds. The van der Waals surface area contributed by atoms with E-state index >= 15 is 0 Å². The molecular formula is C15H28N2O2. The SMILES string of the molecule is CC(C)(C)OC(=O)N1C[C@@]2(CC[C@@H]1CN)CC2(C)C. The van der Waals surface area contributed by atoms with Crippen molar-refractivity contribution in [2.45, 2.75) is 65.5 Å². The fourth-order valence-corrected chi connectivity index (χ4v) is 3.41. The van der Waals surface area contributed by atoms with Crippen LogP contribution in [0.4, 0.5) is 4.79 Å². The first-order valence-corrected chi connectivity index (χ1v) is 7.30. The van der Waals surface area contributed by atoms with Gasteiger partial charge in [-0.05, 0) is 50.9 Å². The summed E-state index contributed by atoms with van der Waals surface area (Å²) < 4.78 is 5.53. The van der Waals surface area contributed by atoms with Crippen LogP contribution in [0.2, 0.25) is 0 Å². The highest BCUT2D eigenvalue weighted by Crippen LogP contribution is 2.67. The molecule has 2 N–H and O–H groups in total. The highest BCUT2D eigenvalue weighted by molar-refractivity contribution is 5.69. The van der Waals surface area contributed by atoms with Gasteiger partial charge < -0.3 is 15.4 Å². The van der Waals surface area contributed by atoms with Gasteiger partial charge in [0.15, 0.2) is 0 Å². The van der Waals surface area contributed by atoms with Crippen LogP contribution in [-0.2, 0) is 4.74 Å². The Morgan fingerprint density at radius 3 is 2.42 bits per heavy atom. The van der Waals surface area contributed by atoms with E-state index in [1.165, 1.54) is 12.8 Å². The maximum Gasteiger partial charge on any atom is 0.410 e. The largest absolute Gasteiger partial charge is 0.444 e. The Morgan fingerprint density at radius 2 is 2.00 bits per heavy atom. The van der Waals surface area contributed by atoms with Gasteiger partial charge in [0.25, 0.3) is 0 Å². The monoisotopic (exact) mass is 268 g/mol. The van der Waals surface area contributed by atoms with Crippen molar-refractivity contribution in [3.63, 3.8) is 0 Å². The predicted octanol–water partition coefficient (Wildman–Crippen LogP) is 2.76. The van der Waals surface area contributed by atoms with Crippen LogP contribution in [0.5, 0.6) is 0 Å². The second-order valence-electron chi connectivity index (χ2n) is 7.88. The molecule has 0 unspecified atom stereocenters. The summed E-state index contributed by atoms with van der Waals surface area (Å²) in [4.78, 5) is 14.2. The lowest BCUT2D eigenvalue weighted by Gasteiger charge is -2.41. The molecule has 4 nitrogen and oxygen atoms in total. The maximum absolute atomic E-state index is 12.4. The van der Waals surface area contributed by atoms with Gasteiger partial charge in [-0.1, -0.05) is 13.8 Å². The van der Waals surface area contributed by atoms with E-state index in [9.17, 15) is 4.79 Å². The van der Waals surface area contributed by atoms with E-state index in [0.717, 1.165) is 13.0 Å². The van der Waals surface area contributed by atoms with Crippen LogP contribution in [-0.4, -0.2) is 35.7 Å². The molecule has 2 atom stereocenters. The number of carbonyl (C=O) groups is 1. The Morgan fingerprint density at radius 1 is 1.42 bits per heavy atom. The average Bonchev–Trinajstić information content (AvgIpc) is 2.77. The van der Waals surface area contributed by atoms with E-state index in [0.29, 0.717) is 17.4 Å². The zero-order valence-electron chi connectivity index (χ0n) is 13.0. The molecule has 110 valence electrons. The number of hydrogen-bond acceptors (Lipinski definition) is 3. The molecule has 0 aromatic heterocycles. The molecule has 19 heavy (non-hydrogen) atoms. The third-order valence-corrected chi connectivity index (χ3v) is 4.86. The molecular weight excluding hydrogens is 240 g/mol. The molecule has 0 radical (unpaired) electrons. The smallest absolute Gasteiger partial charge is 0.410 e. The van der Waals surface area contributed by atoms with Gasteiger partial charge in [-0.2, -0.15) is 0 Å². The van der Waals surface area contributed by atoms with Gasteiger partial charge in [0.2, 0.25) is 0 Å². The Labute approximate surface area is 116 Å². The van der Waals surface area contributed by atoms with E-state index in [-0.39, 0.29) is 12.1 Å². The number of piperidine rings is 1. The molecule has 1 aliphatic carbocycles. The molecule has 2 fully saturated rings. The zero-order chi connectivity index (χ0) is 14.5. The molecule has 0 bridgehead atoms. The first kappa shape index (κ1) is 14.6. The second-order valence-corrected chi connectivity index (χ2v) is 7.88. The van der Waals surface area contributed by atoms with Crippen molar-refractivity contribution >= 4 is 6.09 Å². The number of amides is 1. The van der Waals surface area contributed by atoms with E-state index in [1.54, 1.807) is 0 Å². The number of nitrogens with two attached hydrogens (primary N) is 1. The summed E-state index contributed by atoms with van der Waals surface area (Å²) in [5, 5.41) is 0. The molecule has 1 heterocycles. The summed E-state index contributed by atoms with van der Waals surface area (Å²) in [6, 6.07) is 0.136. The molecule has 1 saturated carbocycles. The number of carbonyl (C=O) groups excluding carboxylic acids is 1. The van der Waals surface area contributed by atoms with E-state index in [2.05, 4.69) is 13.8 Å². The average molecular weight is 268 g/mol.